The number of halogens is 1. The summed E-state index contributed by atoms with van der Waals surface area (Å²) in [6, 6.07) is 8.49. The van der Waals surface area contributed by atoms with Crippen LogP contribution in [0.1, 0.15) is 25.7 Å². The Kier molecular flexibility index (Phi) is 3.53. The van der Waals surface area contributed by atoms with Gasteiger partial charge in [-0.1, -0.05) is 23.7 Å². The Balaban J connectivity index is 1.82. The third-order valence-corrected chi connectivity index (χ3v) is 3.90. The first kappa shape index (κ1) is 12.6. The standard InChI is InChI=1S/C14H17ClN4/c15-13-14(17-10-7-5-9(16)6-8-10)19-12-4-2-1-3-11(12)18-13/h1-4,9-10H,5-8,16H2,(H,17,19). The molecule has 3 rings (SSSR count). The molecule has 5 heteroatoms. The van der Waals surface area contributed by atoms with Crippen molar-refractivity contribution in [2.45, 2.75) is 37.8 Å². The van der Waals surface area contributed by atoms with Gasteiger partial charge < -0.3 is 11.1 Å². The maximum Gasteiger partial charge on any atom is 0.172 e. The number of fused-ring (bicyclic) bond motifs is 1. The van der Waals surface area contributed by atoms with Gasteiger partial charge in [0.25, 0.3) is 0 Å². The zero-order chi connectivity index (χ0) is 13.2. The molecule has 0 amide bonds. The third-order valence-electron chi connectivity index (χ3n) is 3.64. The average molecular weight is 277 g/mol. The van der Waals surface area contributed by atoms with Crippen LogP contribution in [-0.4, -0.2) is 22.1 Å². The number of para-hydroxylation sites is 2. The molecule has 100 valence electrons. The van der Waals surface area contributed by atoms with Crippen molar-refractivity contribution >= 4 is 28.5 Å². The zero-order valence-electron chi connectivity index (χ0n) is 10.6. The summed E-state index contributed by atoms with van der Waals surface area (Å²) in [4.78, 5) is 8.92. The van der Waals surface area contributed by atoms with E-state index in [0.717, 1.165) is 36.7 Å². The van der Waals surface area contributed by atoms with Gasteiger partial charge >= 0.3 is 0 Å². The molecule has 0 saturated heterocycles. The number of rotatable bonds is 2. The lowest BCUT2D eigenvalue weighted by atomic mass is 9.92. The van der Waals surface area contributed by atoms with Gasteiger partial charge in [0.15, 0.2) is 11.0 Å². The molecule has 1 aromatic heterocycles. The van der Waals surface area contributed by atoms with Crippen LogP contribution in [0.25, 0.3) is 11.0 Å². The minimum Gasteiger partial charge on any atom is -0.365 e. The number of anilines is 1. The second-order valence-corrected chi connectivity index (χ2v) is 5.47. The summed E-state index contributed by atoms with van der Waals surface area (Å²) < 4.78 is 0. The van der Waals surface area contributed by atoms with E-state index < -0.39 is 0 Å². The third kappa shape index (κ3) is 2.80. The molecule has 1 aliphatic carbocycles. The highest BCUT2D eigenvalue weighted by atomic mass is 35.5. The van der Waals surface area contributed by atoms with Crippen molar-refractivity contribution in [1.82, 2.24) is 9.97 Å². The van der Waals surface area contributed by atoms with Crippen molar-refractivity contribution < 1.29 is 0 Å². The monoisotopic (exact) mass is 276 g/mol. The highest BCUT2D eigenvalue weighted by molar-refractivity contribution is 6.32. The van der Waals surface area contributed by atoms with Crippen molar-refractivity contribution in [3.8, 4) is 0 Å². The van der Waals surface area contributed by atoms with E-state index >= 15 is 0 Å². The number of hydrogen-bond acceptors (Lipinski definition) is 4. The van der Waals surface area contributed by atoms with E-state index in [0.29, 0.717) is 23.1 Å². The molecular formula is C14H17ClN4. The number of hydrogen-bond donors (Lipinski definition) is 2. The second kappa shape index (κ2) is 5.31. The lowest BCUT2D eigenvalue weighted by Gasteiger charge is -2.27. The molecule has 1 aliphatic rings. The summed E-state index contributed by atoms with van der Waals surface area (Å²) in [6.45, 7) is 0. The molecule has 1 fully saturated rings. The zero-order valence-corrected chi connectivity index (χ0v) is 11.4. The fourth-order valence-corrected chi connectivity index (χ4v) is 2.72. The van der Waals surface area contributed by atoms with Crippen LogP contribution in [0, 0.1) is 0 Å². The first-order valence-corrected chi connectivity index (χ1v) is 7.04. The van der Waals surface area contributed by atoms with E-state index in [1.54, 1.807) is 0 Å². The van der Waals surface area contributed by atoms with Crippen LogP contribution in [0.5, 0.6) is 0 Å². The second-order valence-electron chi connectivity index (χ2n) is 5.11. The first-order chi connectivity index (χ1) is 9.22. The fraction of sp³-hybridized carbons (Fsp3) is 0.429. The quantitative estimate of drug-likeness (QED) is 0.885. The van der Waals surface area contributed by atoms with Gasteiger partial charge in [0.05, 0.1) is 11.0 Å². The van der Waals surface area contributed by atoms with Gasteiger partial charge in [-0.15, -0.1) is 0 Å². The van der Waals surface area contributed by atoms with Crippen molar-refractivity contribution in [3.05, 3.63) is 29.4 Å². The largest absolute Gasteiger partial charge is 0.365 e. The summed E-state index contributed by atoms with van der Waals surface area (Å²) in [6.07, 6.45) is 4.23. The van der Waals surface area contributed by atoms with Crippen LogP contribution in [0.2, 0.25) is 5.15 Å². The molecule has 19 heavy (non-hydrogen) atoms. The number of benzene rings is 1. The molecule has 1 saturated carbocycles. The molecule has 1 heterocycles. The normalized spacial score (nSPS) is 23.5. The molecule has 0 spiro atoms. The van der Waals surface area contributed by atoms with E-state index in [9.17, 15) is 0 Å². The lowest BCUT2D eigenvalue weighted by Crippen LogP contribution is -2.33. The average Bonchev–Trinajstić information content (AvgIpc) is 2.42. The van der Waals surface area contributed by atoms with Gasteiger partial charge in [-0.05, 0) is 37.8 Å². The van der Waals surface area contributed by atoms with Crippen LogP contribution in [-0.2, 0) is 0 Å². The molecule has 3 N–H and O–H groups in total. The molecular weight excluding hydrogens is 260 g/mol. The highest BCUT2D eigenvalue weighted by Crippen LogP contribution is 2.25. The molecule has 2 aromatic rings. The summed E-state index contributed by atoms with van der Waals surface area (Å²) in [5, 5.41) is 3.84. The van der Waals surface area contributed by atoms with Gasteiger partial charge in [0.1, 0.15) is 0 Å². The van der Waals surface area contributed by atoms with Crippen LogP contribution < -0.4 is 11.1 Å². The Labute approximate surface area is 117 Å². The van der Waals surface area contributed by atoms with Gasteiger partial charge in [-0.25, -0.2) is 9.97 Å². The topological polar surface area (TPSA) is 63.8 Å². The molecule has 0 unspecified atom stereocenters. The van der Waals surface area contributed by atoms with Crippen LogP contribution in [0.3, 0.4) is 0 Å². The first-order valence-electron chi connectivity index (χ1n) is 6.67. The summed E-state index contributed by atoms with van der Waals surface area (Å²) in [5.74, 6) is 0.681. The van der Waals surface area contributed by atoms with Crippen molar-refractivity contribution in [1.29, 1.82) is 0 Å². The molecule has 0 radical (unpaired) electrons. The number of nitrogens with two attached hydrogens (primary N) is 1. The predicted molar refractivity (Wildman–Crippen MR) is 78.4 cm³/mol. The molecule has 4 nitrogen and oxygen atoms in total. The van der Waals surface area contributed by atoms with Crippen LogP contribution in [0.15, 0.2) is 24.3 Å². The van der Waals surface area contributed by atoms with Gasteiger partial charge in [0.2, 0.25) is 0 Å². The Morgan fingerprint density at radius 3 is 2.37 bits per heavy atom. The van der Waals surface area contributed by atoms with Crippen molar-refractivity contribution in [3.63, 3.8) is 0 Å². The van der Waals surface area contributed by atoms with E-state index in [4.69, 9.17) is 17.3 Å². The highest BCUT2D eigenvalue weighted by Gasteiger charge is 2.19. The molecule has 1 aromatic carbocycles. The maximum absolute atomic E-state index is 6.19. The minimum atomic E-state index is 0.344. The number of nitrogens with one attached hydrogen (secondary N) is 1. The van der Waals surface area contributed by atoms with E-state index in [-0.39, 0.29) is 0 Å². The Bertz CT molecular complexity index is 579. The van der Waals surface area contributed by atoms with Gasteiger partial charge in [0, 0.05) is 12.1 Å². The minimum absolute atomic E-state index is 0.344. The molecule has 0 aliphatic heterocycles. The molecule has 0 atom stereocenters. The fourth-order valence-electron chi connectivity index (χ4n) is 2.53. The van der Waals surface area contributed by atoms with Gasteiger partial charge in [-0.3, -0.25) is 0 Å². The summed E-state index contributed by atoms with van der Waals surface area (Å²) in [7, 11) is 0. The summed E-state index contributed by atoms with van der Waals surface area (Å²) in [5.41, 5.74) is 7.60. The molecule has 0 bridgehead atoms. The smallest absolute Gasteiger partial charge is 0.172 e. The van der Waals surface area contributed by atoms with Crippen molar-refractivity contribution in [2.24, 2.45) is 5.73 Å². The Hall–Kier alpha value is -1.39. The lowest BCUT2D eigenvalue weighted by molar-refractivity contribution is 0.410. The van der Waals surface area contributed by atoms with E-state index in [2.05, 4.69) is 15.3 Å². The maximum atomic E-state index is 6.19. The number of nitrogens with zero attached hydrogens (tertiary/aromatic N) is 2. The summed E-state index contributed by atoms with van der Waals surface area (Å²) >= 11 is 6.19. The van der Waals surface area contributed by atoms with E-state index in [1.165, 1.54) is 0 Å². The predicted octanol–water partition coefficient (Wildman–Crippen LogP) is 2.97. The number of aromatic nitrogens is 2. The van der Waals surface area contributed by atoms with Crippen LogP contribution in [0.4, 0.5) is 5.82 Å². The Morgan fingerprint density at radius 1 is 1.05 bits per heavy atom. The van der Waals surface area contributed by atoms with Crippen molar-refractivity contribution in [2.75, 3.05) is 5.32 Å². The van der Waals surface area contributed by atoms with Crippen LogP contribution >= 0.6 is 11.6 Å². The Morgan fingerprint density at radius 2 is 1.68 bits per heavy atom. The van der Waals surface area contributed by atoms with E-state index in [1.807, 2.05) is 24.3 Å². The van der Waals surface area contributed by atoms with Gasteiger partial charge in [-0.2, -0.15) is 0 Å². The SMILES string of the molecule is NC1CCC(Nc2nc3ccccc3nc2Cl)CC1.